The van der Waals surface area contributed by atoms with Crippen LogP contribution < -0.4 is 4.74 Å². The van der Waals surface area contributed by atoms with Gasteiger partial charge in [-0.3, -0.25) is 14.3 Å². The lowest BCUT2D eigenvalue weighted by Crippen LogP contribution is -2.01. The molecule has 0 saturated heterocycles. The highest BCUT2D eigenvalue weighted by Gasteiger charge is 2.15. The molecule has 0 atom stereocenters. The molecule has 2 aromatic heterocycles. The highest BCUT2D eigenvalue weighted by molar-refractivity contribution is 5.84. The van der Waals surface area contributed by atoms with E-state index in [1.54, 1.807) is 12.4 Å². The zero-order chi connectivity index (χ0) is 21.5. The summed E-state index contributed by atoms with van der Waals surface area (Å²) >= 11 is 0. The molecule has 6 heteroatoms. The van der Waals surface area contributed by atoms with Crippen molar-refractivity contribution in [3.63, 3.8) is 0 Å². The largest absolute Gasteiger partial charge is 0.494 e. The van der Waals surface area contributed by atoms with E-state index in [9.17, 15) is 4.79 Å². The molecule has 2 aromatic carbocycles. The van der Waals surface area contributed by atoms with Gasteiger partial charge in [-0.2, -0.15) is 0 Å². The number of carbonyl (C=O) groups excluding carboxylic acids is 1. The SMILES string of the molecule is COC(=O)CCCCCOc1ccc2nc(-c3ccccc3)n(-c3ccncc3)c2c1. The summed E-state index contributed by atoms with van der Waals surface area (Å²) in [5.74, 6) is 1.52. The minimum Gasteiger partial charge on any atom is -0.494 e. The summed E-state index contributed by atoms with van der Waals surface area (Å²) in [4.78, 5) is 20.2. The molecule has 0 radical (unpaired) electrons. The fourth-order valence-corrected chi connectivity index (χ4v) is 3.52. The van der Waals surface area contributed by atoms with Crippen LogP contribution in [0.1, 0.15) is 25.7 Å². The molecule has 6 nitrogen and oxygen atoms in total. The molecule has 0 amide bonds. The van der Waals surface area contributed by atoms with Crippen molar-refractivity contribution in [2.45, 2.75) is 25.7 Å². The number of methoxy groups -OCH3 is 1. The molecule has 0 spiro atoms. The third-order valence-electron chi connectivity index (χ3n) is 5.10. The summed E-state index contributed by atoms with van der Waals surface area (Å²) in [5, 5.41) is 0. The second-order valence-corrected chi connectivity index (χ2v) is 7.23. The van der Waals surface area contributed by atoms with Crippen molar-refractivity contribution in [2.24, 2.45) is 0 Å². The van der Waals surface area contributed by atoms with Gasteiger partial charge in [0.1, 0.15) is 11.6 Å². The number of pyridine rings is 1. The van der Waals surface area contributed by atoms with E-state index in [2.05, 4.69) is 26.4 Å². The summed E-state index contributed by atoms with van der Waals surface area (Å²) in [6, 6.07) is 20.1. The monoisotopic (exact) mass is 415 g/mol. The van der Waals surface area contributed by atoms with Gasteiger partial charge in [0.15, 0.2) is 0 Å². The average Bonchev–Trinajstić information content (AvgIpc) is 3.21. The number of fused-ring (bicyclic) bond motifs is 1. The molecule has 0 aliphatic carbocycles. The maximum Gasteiger partial charge on any atom is 0.305 e. The third kappa shape index (κ3) is 4.91. The Morgan fingerprint density at radius 2 is 1.77 bits per heavy atom. The van der Waals surface area contributed by atoms with Gasteiger partial charge in [0.25, 0.3) is 0 Å². The molecule has 0 aliphatic rings. The van der Waals surface area contributed by atoms with Crippen LogP contribution in [0.4, 0.5) is 0 Å². The zero-order valence-corrected chi connectivity index (χ0v) is 17.5. The smallest absolute Gasteiger partial charge is 0.305 e. The van der Waals surface area contributed by atoms with E-state index in [4.69, 9.17) is 9.72 Å². The second-order valence-electron chi connectivity index (χ2n) is 7.23. The predicted octanol–water partition coefficient (Wildman–Crippen LogP) is 5.20. The third-order valence-corrected chi connectivity index (χ3v) is 5.10. The Bertz CT molecular complexity index is 1140. The quantitative estimate of drug-likeness (QED) is 0.278. The topological polar surface area (TPSA) is 66.2 Å². The first-order valence-electron chi connectivity index (χ1n) is 10.4. The highest BCUT2D eigenvalue weighted by atomic mass is 16.5. The molecular formula is C25H25N3O3. The van der Waals surface area contributed by atoms with E-state index in [-0.39, 0.29) is 5.97 Å². The lowest BCUT2D eigenvalue weighted by atomic mass is 10.2. The Kier molecular flexibility index (Phi) is 6.57. The Labute approximate surface area is 181 Å². The highest BCUT2D eigenvalue weighted by Crippen LogP contribution is 2.30. The Morgan fingerprint density at radius 3 is 2.55 bits per heavy atom. The standard InChI is InChI=1S/C25H25N3O3/c1-30-24(29)10-6-3-7-17-31-21-11-12-22-23(18-21)28(20-13-15-26-16-14-20)25(27-22)19-8-4-2-5-9-19/h2,4-5,8-9,11-16,18H,3,6-7,10,17H2,1H3. The molecule has 0 bridgehead atoms. The molecule has 158 valence electrons. The molecule has 4 aromatic rings. The Morgan fingerprint density at radius 1 is 0.968 bits per heavy atom. The van der Waals surface area contributed by atoms with Crippen molar-refractivity contribution in [3.05, 3.63) is 73.1 Å². The van der Waals surface area contributed by atoms with Crippen molar-refractivity contribution in [2.75, 3.05) is 13.7 Å². The number of ether oxygens (including phenoxy) is 2. The van der Waals surface area contributed by atoms with E-state index in [0.29, 0.717) is 13.0 Å². The average molecular weight is 415 g/mol. The number of nitrogens with zero attached hydrogens (tertiary/aromatic N) is 3. The molecule has 31 heavy (non-hydrogen) atoms. The van der Waals surface area contributed by atoms with E-state index in [1.165, 1.54) is 7.11 Å². The summed E-state index contributed by atoms with van der Waals surface area (Å²) in [5.41, 5.74) is 3.93. The molecule has 0 saturated carbocycles. The van der Waals surface area contributed by atoms with E-state index in [0.717, 1.165) is 53.1 Å². The summed E-state index contributed by atoms with van der Waals surface area (Å²) in [6.07, 6.45) is 6.63. The van der Waals surface area contributed by atoms with Crippen molar-refractivity contribution >= 4 is 17.0 Å². The summed E-state index contributed by atoms with van der Waals surface area (Å²) < 4.78 is 12.8. The first-order chi connectivity index (χ1) is 15.3. The van der Waals surface area contributed by atoms with Gasteiger partial charge in [-0.25, -0.2) is 4.98 Å². The summed E-state index contributed by atoms with van der Waals surface area (Å²) in [7, 11) is 1.42. The molecule has 2 heterocycles. The number of unbranched alkanes of at least 4 members (excludes halogenated alkanes) is 2. The number of benzene rings is 2. The molecule has 0 unspecified atom stereocenters. The van der Waals surface area contributed by atoms with Crippen LogP contribution in [-0.4, -0.2) is 34.2 Å². The number of rotatable bonds is 9. The van der Waals surface area contributed by atoms with Gasteiger partial charge in [-0.1, -0.05) is 30.3 Å². The second kappa shape index (κ2) is 9.89. The van der Waals surface area contributed by atoms with Gasteiger partial charge in [-0.15, -0.1) is 0 Å². The molecule has 4 rings (SSSR count). The van der Waals surface area contributed by atoms with E-state index < -0.39 is 0 Å². The molecular weight excluding hydrogens is 390 g/mol. The number of imidazole rings is 1. The number of carbonyl (C=O) groups is 1. The van der Waals surface area contributed by atoms with Crippen molar-refractivity contribution < 1.29 is 14.3 Å². The normalized spacial score (nSPS) is 10.9. The number of aromatic nitrogens is 3. The number of hydrogen-bond acceptors (Lipinski definition) is 5. The molecule has 0 N–H and O–H groups in total. The van der Waals surface area contributed by atoms with Crippen molar-refractivity contribution in [1.29, 1.82) is 0 Å². The Hall–Kier alpha value is -3.67. The summed E-state index contributed by atoms with van der Waals surface area (Å²) in [6.45, 7) is 0.599. The number of hydrogen-bond donors (Lipinski definition) is 0. The zero-order valence-electron chi connectivity index (χ0n) is 17.5. The molecule has 0 aliphatic heterocycles. The fraction of sp³-hybridized carbons (Fsp3) is 0.240. The van der Waals surface area contributed by atoms with E-state index in [1.807, 2.05) is 48.5 Å². The Balaban J connectivity index is 1.56. The van der Waals surface area contributed by atoms with Crippen LogP contribution in [0, 0.1) is 0 Å². The van der Waals surface area contributed by atoms with Crippen LogP contribution >= 0.6 is 0 Å². The van der Waals surface area contributed by atoms with E-state index >= 15 is 0 Å². The van der Waals surface area contributed by atoms with Gasteiger partial charge in [-0.05, 0) is 43.5 Å². The predicted molar refractivity (Wildman–Crippen MR) is 120 cm³/mol. The lowest BCUT2D eigenvalue weighted by molar-refractivity contribution is -0.140. The fourth-order valence-electron chi connectivity index (χ4n) is 3.52. The van der Waals surface area contributed by atoms with Gasteiger partial charge in [0.2, 0.25) is 0 Å². The van der Waals surface area contributed by atoms with Crippen LogP contribution in [0.3, 0.4) is 0 Å². The lowest BCUT2D eigenvalue weighted by Gasteiger charge is -2.10. The minimum absolute atomic E-state index is 0.162. The molecule has 0 fully saturated rings. The van der Waals surface area contributed by atoms with Crippen LogP contribution in [0.15, 0.2) is 73.1 Å². The first kappa shape index (κ1) is 20.6. The minimum atomic E-state index is -0.162. The van der Waals surface area contributed by atoms with Crippen LogP contribution in [-0.2, 0) is 9.53 Å². The van der Waals surface area contributed by atoms with Crippen molar-refractivity contribution in [1.82, 2.24) is 14.5 Å². The van der Waals surface area contributed by atoms with Crippen molar-refractivity contribution in [3.8, 4) is 22.8 Å². The van der Waals surface area contributed by atoms with Gasteiger partial charge < -0.3 is 9.47 Å². The van der Waals surface area contributed by atoms with Crippen LogP contribution in [0.5, 0.6) is 5.75 Å². The van der Waals surface area contributed by atoms with Gasteiger partial charge >= 0.3 is 5.97 Å². The van der Waals surface area contributed by atoms with Crippen LogP contribution in [0.2, 0.25) is 0 Å². The maximum absolute atomic E-state index is 11.2. The first-order valence-corrected chi connectivity index (χ1v) is 10.4. The maximum atomic E-state index is 11.2. The van der Waals surface area contributed by atoms with Crippen LogP contribution in [0.25, 0.3) is 28.1 Å². The van der Waals surface area contributed by atoms with Gasteiger partial charge in [0.05, 0.1) is 30.4 Å². The van der Waals surface area contributed by atoms with Gasteiger partial charge in [0, 0.05) is 30.4 Å². The number of esters is 1.